The first-order valence-electron chi connectivity index (χ1n) is 5.42. The average Bonchev–Trinajstić information content (AvgIpc) is 2.72. The Morgan fingerprint density at radius 2 is 2.22 bits per heavy atom. The quantitative estimate of drug-likeness (QED) is 0.859. The van der Waals surface area contributed by atoms with Crippen LogP contribution in [0.1, 0.15) is 27.7 Å². The van der Waals surface area contributed by atoms with Crippen LogP contribution < -0.4 is 5.32 Å². The van der Waals surface area contributed by atoms with E-state index in [0.29, 0.717) is 18.2 Å². The third-order valence-electron chi connectivity index (χ3n) is 2.37. The number of carbonyl (C=O) groups is 1. The van der Waals surface area contributed by atoms with Gasteiger partial charge in [0.2, 0.25) is 0 Å². The number of furan rings is 1. The summed E-state index contributed by atoms with van der Waals surface area (Å²) >= 11 is 0. The number of rotatable bonds is 4. The fourth-order valence-electron chi connectivity index (χ4n) is 1.51. The highest BCUT2D eigenvalue weighted by Gasteiger charge is 2.12. The van der Waals surface area contributed by atoms with Crippen LogP contribution in [0.5, 0.6) is 0 Å². The second-order valence-electron chi connectivity index (χ2n) is 3.85. The molecule has 18 heavy (non-hydrogen) atoms. The van der Waals surface area contributed by atoms with Gasteiger partial charge in [-0.15, -0.1) is 0 Å². The molecule has 2 aromatic heterocycles. The Labute approximate surface area is 104 Å². The zero-order valence-corrected chi connectivity index (χ0v) is 10.1. The van der Waals surface area contributed by atoms with Crippen LogP contribution in [-0.2, 0) is 6.54 Å². The SMILES string of the molecule is Cc1ncc(C(=O)O)c(NCc2ccc(C)o2)n1. The Bertz CT molecular complexity index is 578. The summed E-state index contributed by atoms with van der Waals surface area (Å²) in [5.41, 5.74) is 0.0453. The Morgan fingerprint density at radius 3 is 2.83 bits per heavy atom. The summed E-state index contributed by atoms with van der Waals surface area (Å²) in [7, 11) is 0. The van der Waals surface area contributed by atoms with Crippen LogP contribution in [0.15, 0.2) is 22.7 Å². The van der Waals surface area contributed by atoms with Gasteiger partial charge >= 0.3 is 5.97 Å². The molecule has 6 heteroatoms. The Morgan fingerprint density at radius 1 is 1.44 bits per heavy atom. The highest BCUT2D eigenvalue weighted by atomic mass is 16.4. The molecule has 0 atom stereocenters. The van der Waals surface area contributed by atoms with E-state index in [1.807, 2.05) is 19.1 Å². The predicted molar refractivity (Wildman–Crippen MR) is 64.5 cm³/mol. The molecule has 0 spiro atoms. The molecule has 2 N–H and O–H groups in total. The van der Waals surface area contributed by atoms with Gasteiger partial charge in [-0.25, -0.2) is 14.8 Å². The number of nitrogens with zero attached hydrogens (tertiary/aromatic N) is 2. The molecule has 0 aromatic carbocycles. The van der Waals surface area contributed by atoms with Gasteiger partial charge < -0.3 is 14.8 Å². The predicted octanol–water partition coefficient (Wildman–Crippen LogP) is 2.00. The molecule has 0 saturated heterocycles. The van der Waals surface area contributed by atoms with Crippen molar-refractivity contribution in [1.29, 1.82) is 0 Å². The number of carboxylic acid groups (broad SMARTS) is 1. The van der Waals surface area contributed by atoms with Crippen molar-refractivity contribution in [2.75, 3.05) is 5.32 Å². The largest absolute Gasteiger partial charge is 0.477 e. The van der Waals surface area contributed by atoms with E-state index in [0.717, 1.165) is 11.5 Å². The number of aryl methyl sites for hydroxylation is 2. The summed E-state index contributed by atoms with van der Waals surface area (Å²) in [6.45, 7) is 3.93. The van der Waals surface area contributed by atoms with Crippen LogP contribution in [-0.4, -0.2) is 21.0 Å². The number of hydrogen-bond acceptors (Lipinski definition) is 5. The van der Waals surface area contributed by atoms with Crippen molar-refractivity contribution in [2.24, 2.45) is 0 Å². The molecule has 0 aliphatic rings. The second-order valence-corrected chi connectivity index (χ2v) is 3.85. The molecule has 0 aliphatic carbocycles. The molecule has 2 rings (SSSR count). The van der Waals surface area contributed by atoms with E-state index in [1.54, 1.807) is 6.92 Å². The topological polar surface area (TPSA) is 88.2 Å². The maximum atomic E-state index is 11.0. The van der Waals surface area contributed by atoms with Crippen molar-refractivity contribution in [3.63, 3.8) is 0 Å². The molecule has 0 amide bonds. The van der Waals surface area contributed by atoms with Crippen LogP contribution in [0.25, 0.3) is 0 Å². The van der Waals surface area contributed by atoms with Gasteiger partial charge in [-0.05, 0) is 26.0 Å². The smallest absolute Gasteiger partial charge is 0.341 e. The van der Waals surface area contributed by atoms with Crippen molar-refractivity contribution in [1.82, 2.24) is 9.97 Å². The molecule has 2 aromatic rings. The van der Waals surface area contributed by atoms with Gasteiger partial charge in [0.25, 0.3) is 0 Å². The number of aromatic carboxylic acids is 1. The van der Waals surface area contributed by atoms with Crippen LogP contribution in [0.3, 0.4) is 0 Å². The highest BCUT2D eigenvalue weighted by Crippen LogP contribution is 2.14. The number of hydrogen-bond donors (Lipinski definition) is 2. The van der Waals surface area contributed by atoms with E-state index in [2.05, 4.69) is 15.3 Å². The van der Waals surface area contributed by atoms with Crippen LogP contribution in [0.2, 0.25) is 0 Å². The Kier molecular flexibility index (Phi) is 3.27. The average molecular weight is 247 g/mol. The molecule has 0 unspecified atom stereocenters. The summed E-state index contributed by atoms with van der Waals surface area (Å²) in [6.07, 6.45) is 1.29. The lowest BCUT2D eigenvalue weighted by molar-refractivity contribution is 0.0697. The molecule has 0 aliphatic heterocycles. The van der Waals surface area contributed by atoms with E-state index >= 15 is 0 Å². The molecular weight excluding hydrogens is 234 g/mol. The van der Waals surface area contributed by atoms with Gasteiger partial charge in [0, 0.05) is 6.20 Å². The van der Waals surface area contributed by atoms with Gasteiger partial charge in [-0.3, -0.25) is 0 Å². The molecule has 94 valence electrons. The fourth-order valence-corrected chi connectivity index (χ4v) is 1.51. The third kappa shape index (κ3) is 2.65. The van der Waals surface area contributed by atoms with E-state index in [9.17, 15) is 4.79 Å². The molecule has 0 radical (unpaired) electrons. The number of aromatic nitrogens is 2. The van der Waals surface area contributed by atoms with Gasteiger partial charge in [0.05, 0.1) is 6.54 Å². The van der Waals surface area contributed by atoms with E-state index in [1.165, 1.54) is 6.20 Å². The van der Waals surface area contributed by atoms with E-state index < -0.39 is 5.97 Å². The third-order valence-corrected chi connectivity index (χ3v) is 2.37. The molecule has 0 fully saturated rings. The normalized spacial score (nSPS) is 10.3. The van der Waals surface area contributed by atoms with Crippen molar-refractivity contribution < 1.29 is 14.3 Å². The maximum absolute atomic E-state index is 11.0. The number of anilines is 1. The van der Waals surface area contributed by atoms with Gasteiger partial charge in [-0.1, -0.05) is 0 Å². The number of carboxylic acids is 1. The minimum absolute atomic E-state index is 0.0453. The maximum Gasteiger partial charge on any atom is 0.341 e. The van der Waals surface area contributed by atoms with Gasteiger partial charge in [0.1, 0.15) is 28.7 Å². The van der Waals surface area contributed by atoms with Crippen LogP contribution in [0.4, 0.5) is 5.82 Å². The van der Waals surface area contributed by atoms with Gasteiger partial charge in [-0.2, -0.15) is 0 Å². The minimum Gasteiger partial charge on any atom is -0.477 e. The lowest BCUT2D eigenvalue weighted by atomic mass is 10.3. The van der Waals surface area contributed by atoms with Crippen LogP contribution >= 0.6 is 0 Å². The number of nitrogens with one attached hydrogen (secondary N) is 1. The minimum atomic E-state index is -1.06. The van der Waals surface area contributed by atoms with E-state index in [4.69, 9.17) is 9.52 Å². The lowest BCUT2D eigenvalue weighted by Gasteiger charge is -2.07. The summed E-state index contributed by atoms with van der Waals surface area (Å²) in [4.78, 5) is 18.9. The van der Waals surface area contributed by atoms with Crippen LogP contribution in [0, 0.1) is 13.8 Å². The first-order valence-corrected chi connectivity index (χ1v) is 5.42. The molecule has 0 bridgehead atoms. The Hall–Kier alpha value is -2.37. The molecule has 0 saturated carbocycles. The highest BCUT2D eigenvalue weighted by molar-refractivity contribution is 5.92. The zero-order chi connectivity index (χ0) is 13.1. The molecule has 6 nitrogen and oxygen atoms in total. The van der Waals surface area contributed by atoms with Crippen molar-refractivity contribution in [3.05, 3.63) is 41.2 Å². The summed E-state index contributed by atoms with van der Waals surface area (Å²) in [5.74, 6) is 1.28. The summed E-state index contributed by atoms with van der Waals surface area (Å²) in [5, 5.41) is 12.0. The van der Waals surface area contributed by atoms with Crippen molar-refractivity contribution in [3.8, 4) is 0 Å². The standard InChI is InChI=1S/C12H13N3O3/c1-7-3-4-9(18-7)5-14-11-10(12(16)17)6-13-8(2)15-11/h3-4,6H,5H2,1-2H3,(H,16,17)(H,13,14,15). The lowest BCUT2D eigenvalue weighted by Crippen LogP contribution is -2.09. The first-order chi connectivity index (χ1) is 8.56. The van der Waals surface area contributed by atoms with Crippen molar-refractivity contribution >= 4 is 11.8 Å². The van der Waals surface area contributed by atoms with Gasteiger partial charge in [0.15, 0.2) is 0 Å². The fraction of sp³-hybridized carbons (Fsp3) is 0.250. The molecule has 2 heterocycles. The summed E-state index contributed by atoms with van der Waals surface area (Å²) < 4.78 is 5.38. The molecular formula is C12H13N3O3. The summed E-state index contributed by atoms with van der Waals surface area (Å²) in [6, 6.07) is 3.68. The Balaban J connectivity index is 2.17. The van der Waals surface area contributed by atoms with E-state index in [-0.39, 0.29) is 5.56 Å². The van der Waals surface area contributed by atoms with Crippen molar-refractivity contribution in [2.45, 2.75) is 20.4 Å². The second kappa shape index (κ2) is 4.87. The monoisotopic (exact) mass is 247 g/mol. The first kappa shape index (κ1) is 12.1. The zero-order valence-electron chi connectivity index (χ0n) is 10.1.